The molecule has 0 amide bonds. The summed E-state index contributed by atoms with van der Waals surface area (Å²) in [5, 5.41) is 8.81. The summed E-state index contributed by atoms with van der Waals surface area (Å²) >= 11 is 0. The minimum atomic E-state index is -3.85. The van der Waals surface area contributed by atoms with E-state index in [1.165, 1.54) is 12.1 Å². The minimum Gasteiger partial charge on any atom is -0.475 e. The van der Waals surface area contributed by atoms with Gasteiger partial charge >= 0.3 is 5.97 Å². The van der Waals surface area contributed by atoms with Crippen LogP contribution in [0.5, 0.6) is 0 Å². The summed E-state index contributed by atoms with van der Waals surface area (Å²) in [4.78, 5) is 10.5. The number of carboxylic acids is 1. The van der Waals surface area contributed by atoms with Crippen LogP contribution in [0, 0.1) is 0 Å². The van der Waals surface area contributed by atoms with Crippen molar-refractivity contribution in [3.8, 4) is 0 Å². The molecule has 0 atom stereocenters. The maximum absolute atomic E-state index is 12.1. The molecule has 0 radical (unpaired) electrons. The molecule has 1 heterocycles. The van der Waals surface area contributed by atoms with Crippen molar-refractivity contribution in [2.45, 2.75) is 9.79 Å². The Balaban J connectivity index is 2.61. The van der Waals surface area contributed by atoms with Crippen LogP contribution < -0.4 is 0 Å². The number of hydrogen-bond acceptors (Lipinski definition) is 4. The monoisotopic (exact) mass is 252 g/mol. The van der Waals surface area contributed by atoms with E-state index < -0.39 is 21.6 Å². The van der Waals surface area contributed by atoms with Gasteiger partial charge in [0.2, 0.25) is 15.6 Å². The van der Waals surface area contributed by atoms with E-state index in [0.29, 0.717) is 0 Å². The van der Waals surface area contributed by atoms with E-state index in [-0.39, 0.29) is 9.79 Å². The zero-order chi connectivity index (χ0) is 12.5. The number of rotatable bonds is 3. The first-order valence-electron chi connectivity index (χ1n) is 4.64. The van der Waals surface area contributed by atoms with Gasteiger partial charge in [-0.05, 0) is 18.2 Å². The van der Waals surface area contributed by atoms with Gasteiger partial charge in [0.25, 0.3) is 0 Å². The van der Waals surface area contributed by atoms with Gasteiger partial charge in [-0.25, -0.2) is 13.2 Å². The fraction of sp³-hybridized carbons (Fsp3) is 0. The number of benzene rings is 1. The van der Waals surface area contributed by atoms with Crippen molar-refractivity contribution in [3.63, 3.8) is 0 Å². The summed E-state index contributed by atoms with van der Waals surface area (Å²) in [6, 6.07) is 8.72. The molecule has 0 aliphatic rings. The van der Waals surface area contributed by atoms with Crippen molar-refractivity contribution in [1.29, 1.82) is 0 Å². The molecule has 6 heteroatoms. The zero-order valence-corrected chi connectivity index (χ0v) is 9.35. The number of sulfone groups is 1. The average molecular weight is 252 g/mol. The highest BCUT2D eigenvalue weighted by atomic mass is 32.2. The van der Waals surface area contributed by atoms with Crippen molar-refractivity contribution in [3.05, 3.63) is 48.4 Å². The van der Waals surface area contributed by atoms with E-state index in [1.54, 1.807) is 18.2 Å². The second-order valence-electron chi connectivity index (χ2n) is 3.24. The molecule has 2 aromatic rings. The van der Waals surface area contributed by atoms with E-state index in [0.717, 1.165) is 12.3 Å². The Hall–Kier alpha value is -2.08. The second kappa shape index (κ2) is 4.06. The first-order chi connectivity index (χ1) is 8.03. The topological polar surface area (TPSA) is 84.6 Å². The van der Waals surface area contributed by atoms with E-state index in [2.05, 4.69) is 4.42 Å². The van der Waals surface area contributed by atoms with Crippen molar-refractivity contribution >= 4 is 15.8 Å². The highest BCUT2D eigenvalue weighted by molar-refractivity contribution is 7.91. The lowest BCUT2D eigenvalue weighted by Gasteiger charge is -2.02. The summed E-state index contributed by atoms with van der Waals surface area (Å²) in [7, 11) is -3.85. The Bertz CT molecular complexity index is 640. The molecule has 0 bridgehead atoms. The number of hydrogen-bond donors (Lipinski definition) is 1. The lowest BCUT2D eigenvalue weighted by atomic mass is 10.4. The summed E-state index contributed by atoms with van der Waals surface area (Å²) in [5.74, 6) is -1.99. The molecular formula is C11H8O5S. The predicted octanol–water partition coefficient (Wildman–Crippen LogP) is 1.81. The number of carboxylic acid groups (broad SMARTS) is 1. The van der Waals surface area contributed by atoms with Gasteiger partial charge in [0, 0.05) is 0 Å². The SMILES string of the molecule is O=C(O)c1occc1S(=O)(=O)c1ccccc1. The van der Waals surface area contributed by atoms with Gasteiger partial charge in [0.1, 0.15) is 4.90 Å². The number of carbonyl (C=O) groups is 1. The van der Waals surface area contributed by atoms with E-state index in [9.17, 15) is 13.2 Å². The molecule has 0 aliphatic carbocycles. The van der Waals surface area contributed by atoms with Gasteiger partial charge in [-0.2, -0.15) is 0 Å². The van der Waals surface area contributed by atoms with Crippen molar-refractivity contribution < 1.29 is 22.7 Å². The van der Waals surface area contributed by atoms with Gasteiger partial charge < -0.3 is 9.52 Å². The standard InChI is InChI=1S/C11H8O5S/c12-11(13)10-9(6-7-16-10)17(14,15)8-4-2-1-3-5-8/h1-7H,(H,12,13). The normalized spacial score (nSPS) is 11.3. The molecule has 0 aliphatic heterocycles. The molecule has 0 saturated heterocycles. The molecule has 1 N–H and O–H groups in total. The van der Waals surface area contributed by atoms with Crippen LogP contribution in [-0.2, 0) is 9.84 Å². The van der Waals surface area contributed by atoms with Crippen LogP contribution in [0.3, 0.4) is 0 Å². The fourth-order valence-corrected chi connectivity index (χ4v) is 2.78. The molecule has 0 spiro atoms. The molecule has 1 aromatic heterocycles. The maximum Gasteiger partial charge on any atom is 0.373 e. The Labute approximate surface area is 97.2 Å². The van der Waals surface area contributed by atoms with Crippen LogP contribution in [0.15, 0.2) is 56.9 Å². The summed E-state index contributed by atoms with van der Waals surface area (Å²) < 4.78 is 28.8. The maximum atomic E-state index is 12.1. The third-order valence-electron chi connectivity index (χ3n) is 2.17. The summed E-state index contributed by atoms with van der Waals surface area (Å²) in [6.07, 6.45) is 1.04. The van der Waals surface area contributed by atoms with Crippen LogP contribution in [0.1, 0.15) is 10.6 Å². The number of aromatic carboxylic acids is 1. The minimum absolute atomic E-state index is 0.0314. The van der Waals surface area contributed by atoms with Crippen molar-refractivity contribution in [2.75, 3.05) is 0 Å². The van der Waals surface area contributed by atoms with Gasteiger partial charge in [0.15, 0.2) is 0 Å². The highest BCUT2D eigenvalue weighted by Crippen LogP contribution is 2.24. The molecule has 0 saturated carbocycles. The van der Waals surface area contributed by atoms with Crippen molar-refractivity contribution in [1.82, 2.24) is 0 Å². The summed E-state index contributed by atoms with van der Waals surface area (Å²) in [6.45, 7) is 0. The van der Waals surface area contributed by atoms with E-state index in [1.807, 2.05) is 0 Å². The van der Waals surface area contributed by atoms with Crippen LogP contribution in [0.4, 0.5) is 0 Å². The Morgan fingerprint density at radius 1 is 1.12 bits per heavy atom. The molecule has 1 aromatic carbocycles. The highest BCUT2D eigenvalue weighted by Gasteiger charge is 2.26. The quantitative estimate of drug-likeness (QED) is 0.900. The van der Waals surface area contributed by atoms with Gasteiger partial charge in [-0.15, -0.1) is 0 Å². The van der Waals surface area contributed by atoms with E-state index >= 15 is 0 Å². The van der Waals surface area contributed by atoms with Crippen LogP contribution in [-0.4, -0.2) is 19.5 Å². The Morgan fingerprint density at radius 3 is 2.35 bits per heavy atom. The smallest absolute Gasteiger partial charge is 0.373 e. The molecule has 0 unspecified atom stereocenters. The van der Waals surface area contributed by atoms with Crippen molar-refractivity contribution in [2.24, 2.45) is 0 Å². The molecule has 5 nitrogen and oxygen atoms in total. The molecular weight excluding hydrogens is 244 g/mol. The summed E-state index contributed by atoms with van der Waals surface area (Å²) in [5.41, 5.74) is 0. The van der Waals surface area contributed by atoms with Crippen LogP contribution >= 0.6 is 0 Å². The third-order valence-corrected chi connectivity index (χ3v) is 3.96. The lowest BCUT2D eigenvalue weighted by molar-refractivity contribution is 0.0656. The molecule has 17 heavy (non-hydrogen) atoms. The largest absolute Gasteiger partial charge is 0.475 e. The molecule has 2 rings (SSSR count). The predicted molar refractivity (Wildman–Crippen MR) is 57.6 cm³/mol. The third kappa shape index (κ3) is 1.94. The first kappa shape index (κ1) is 11.4. The Morgan fingerprint density at radius 2 is 1.76 bits per heavy atom. The average Bonchev–Trinajstić information content (AvgIpc) is 2.80. The molecule has 88 valence electrons. The first-order valence-corrected chi connectivity index (χ1v) is 6.12. The zero-order valence-electron chi connectivity index (χ0n) is 8.53. The number of furan rings is 1. The van der Waals surface area contributed by atoms with Crippen LogP contribution in [0.25, 0.3) is 0 Å². The van der Waals surface area contributed by atoms with E-state index in [4.69, 9.17) is 5.11 Å². The van der Waals surface area contributed by atoms with Crippen LogP contribution in [0.2, 0.25) is 0 Å². The van der Waals surface area contributed by atoms with Gasteiger partial charge in [-0.1, -0.05) is 18.2 Å². The fourth-order valence-electron chi connectivity index (χ4n) is 1.39. The Kier molecular flexibility index (Phi) is 2.72. The second-order valence-corrected chi connectivity index (χ2v) is 5.15. The molecule has 0 fully saturated rings. The lowest BCUT2D eigenvalue weighted by Crippen LogP contribution is -2.06. The van der Waals surface area contributed by atoms with Gasteiger partial charge in [0.05, 0.1) is 11.2 Å². The van der Waals surface area contributed by atoms with Gasteiger partial charge in [-0.3, -0.25) is 0 Å².